The fraction of sp³-hybridized carbons (Fsp3) is 0.0323. The van der Waals surface area contributed by atoms with Gasteiger partial charge in [0.2, 0.25) is 0 Å². The molecule has 0 heterocycles. The Bertz CT molecular complexity index is 3190. The van der Waals surface area contributed by atoms with E-state index >= 15 is 0 Å². The minimum atomic E-state index is 1.06. The van der Waals surface area contributed by atoms with Gasteiger partial charge in [-0.2, -0.15) is 0 Å². The van der Waals surface area contributed by atoms with Gasteiger partial charge >= 0.3 is 0 Å². The highest BCUT2D eigenvalue weighted by Crippen LogP contribution is 2.48. The summed E-state index contributed by atoms with van der Waals surface area (Å²) in [5, 5.41) is 4.80. The van der Waals surface area contributed by atoms with E-state index in [2.05, 4.69) is 265 Å². The molecular weight excluding hydrogens is 773 g/mol. The summed E-state index contributed by atoms with van der Waals surface area (Å²) < 4.78 is 0. The molecule has 0 aromatic heterocycles. The predicted molar refractivity (Wildman–Crippen MR) is 273 cm³/mol. The molecule has 1 aliphatic rings. The van der Waals surface area contributed by atoms with Crippen molar-refractivity contribution in [3.63, 3.8) is 0 Å². The first-order valence-corrected chi connectivity index (χ1v) is 22.2. The Morgan fingerprint density at radius 2 is 0.641 bits per heavy atom. The van der Waals surface area contributed by atoms with Crippen molar-refractivity contribution in [2.75, 3.05) is 9.80 Å². The first-order valence-electron chi connectivity index (χ1n) is 22.2. The molecule has 0 atom stereocenters. The molecule has 0 radical (unpaired) electrons. The average Bonchev–Trinajstić information content (AvgIpc) is 3.38. The van der Waals surface area contributed by atoms with E-state index in [9.17, 15) is 0 Å². The second-order valence-electron chi connectivity index (χ2n) is 16.4. The Kier molecular flexibility index (Phi) is 10.5. The van der Waals surface area contributed by atoms with Crippen LogP contribution in [-0.2, 0) is 0 Å². The van der Waals surface area contributed by atoms with Crippen LogP contribution in [0.4, 0.5) is 34.1 Å². The van der Waals surface area contributed by atoms with Gasteiger partial charge in [-0.05, 0) is 152 Å². The van der Waals surface area contributed by atoms with E-state index in [4.69, 9.17) is 0 Å². The molecule has 0 aliphatic heterocycles. The molecule has 64 heavy (non-hydrogen) atoms. The van der Waals surface area contributed by atoms with E-state index in [0.717, 1.165) is 47.0 Å². The molecule has 2 heteroatoms. The van der Waals surface area contributed by atoms with Crippen molar-refractivity contribution in [3.05, 3.63) is 260 Å². The summed E-state index contributed by atoms with van der Waals surface area (Å²) in [6.07, 6.45) is 8.84. The van der Waals surface area contributed by atoms with Crippen LogP contribution in [0.25, 0.3) is 60.5 Å². The number of anilines is 6. The smallest absolute Gasteiger partial charge is 0.0468 e. The third kappa shape index (κ3) is 7.46. The van der Waals surface area contributed by atoms with Gasteiger partial charge in [0.15, 0.2) is 0 Å². The van der Waals surface area contributed by atoms with Gasteiger partial charge in [-0.15, -0.1) is 0 Å². The normalized spacial score (nSPS) is 12.3. The van der Waals surface area contributed by atoms with E-state index in [0.29, 0.717) is 0 Å². The maximum atomic E-state index is 2.42. The number of fused-ring (bicyclic) bond motifs is 2. The molecule has 0 saturated heterocycles. The summed E-state index contributed by atoms with van der Waals surface area (Å²) in [5.41, 5.74) is 16.5. The van der Waals surface area contributed by atoms with Gasteiger partial charge in [0.25, 0.3) is 0 Å². The topological polar surface area (TPSA) is 6.48 Å². The maximum Gasteiger partial charge on any atom is 0.0468 e. The monoisotopic (exact) mass is 818 g/mol. The van der Waals surface area contributed by atoms with Crippen LogP contribution in [0.1, 0.15) is 18.4 Å². The Hall–Kier alpha value is -8.20. The molecule has 0 bridgehead atoms. The molecule has 11 rings (SSSR count). The molecule has 0 N–H and O–H groups in total. The van der Waals surface area contributed by atoms with Gasteiger partial charge in [0.1, 0.15) is 0 Å². The van der Waals surface area contributed by atoms with Crippen LogP contribution in [0.15, 0.2) is 255 Å². The molecule has 0 amide bonds. The lowest BCUT2D eigenvalue weighted by atomic mass is 9.84. The highest BCUT2D eigenvalue weighted by molar-refractivity contribution is 6.22. The zero-order valence-electron chi connectivity index (χ0n) is 35.6. The highest BCUT2D eigenvalue weighted by atomic mass is 15.1. The number of nitrogens with zero attached hydrogens (tertiary/aromatic N) is 2. The zero-order chi connectivity index (χ0) is 42.7. The van der Waals surface area contributed by atoms with Crippen molar-refractivity contribution < 1.29 is 0 Å². The Balaban J connectivity index is 1.21. The number of hydrogen-bond donors (Lipinski definition) is 0. The highest BCUT2D eigenvalue weighted by Gasteiger charge is 2.22. The number of rotatable bonds is 10. The van der Waals surface area contributed by atoms with Crippen molar-refractivity contribution in [3.8, 4) is 33.4 Å². The van der Waals surface area contributed by atoms with E-state index in [1.807, 2.05) is 0 Å². The summed E-state index contributed by atoms with van der Waals surface area (Å²) in [7, 11) is 0. The average molecular weight is 819 g/mol. The number of hydrogen-bond acceptors (Lipinski definition) is 2. The maximum absolute atomic E-state index is 2.42. The SMILES string of the molecule is C1=CCCC(c2ccc(-c3c4ccc(N(c5ccccc5)c5ccccc5)cc4c(-c4ccc(-c5ccccc5)cc4)c4ccc(N(c5ccccc5)c5ccccc5)cc34)cc2)=C1. The van der Waals surface area contributed by atoms with Gasteiger partial charge in [0.05, 0.1) is 0 Å². The van der Waals surface area contributed by atoms with Crippen molar-refractivity contribution in [1.29, 1.82) is 0 Å². The summed E-state index contributed by atoms with van der Waals surface area (Å²) in [5.74, 6) is 0. The fourth-order valence-electron chi connectivity index (χ4n) is 9.46. The van der Waals surface area contributed by atoms with E-state index in [1.165, 1.54) is 66.1 Å². The van der Waals surface area contributed by atoms with Gasteiger partial charge in [-0.25, -0.2) is 0 Å². The van der Waals surface area contributed by atoms with Gasteiger partial charge in [0, 0.05) is 34.1 Å². The van der Waals surface area contributed by atoms with Crippen LogP contribution >= 0.6 is 0 Å². The van der Waals surface area contributed by atoms with Crippen molar-refractivity contribution in [2.24, 2.45) is 0 Å². The third-order valence-corrected chi connectivity index (χ3v) is 12.5. The van der Waals surface area contributed by atoms with E-state index in [-0.39, 0.29) is 0 Å². The standard InChI is InChI=1S/C62H46N2/c1-7-19-45(20-8-1)47-31-35-49(36-32-47)61-57-41-39-56(64(53-27-15-5-16-28-53)54-29-17-6-18-30-54)44-60(57)62(50-37-33-48(34-38-50)46-21-9-2-10-22-46)58-42-40-55(43-59(58)61)63(51-23-11-3-12-24-51)52-25-13-4-14-26-52/h1-9,11-21,23-44H,10,22H2. The van der Waals surface area contributed by atoms with E-state index in [1.54, 1.807) is 0 Å². The van der Waals surface area contributed by atoms with Gasteiger partial charge < -0.3 is 9.80 Å². The molecule has 1 aliphatic carbocycles. The molecule has 0 unspecified atom stereocenters. The van der Waals surface area contributed by atoms with Crippen molar-refractivity contribution in [1.82, 2.24) is 0 Å². The van der Waals surface area contributed by atoms with Crippen LogP contribution in [0, 0.1) is 0 Å². The number of benzene rings is 10. The second kappa shape index (κ2) is 17.3. The lowest BCUT2D eigenvalue weighted by Crippen LogP contribution is -2.10. The largest absolute Gasteiger partial charge is 0.310 e. The Morgan fingerprint density at radius 1 is 0.281 bits per heavy atom. The number of allylic oxidation sites excluding steroid dienone is 4. The molecule has 2 nitrogen and oxygen atoms in total. The molecule has 304 valence electrons. The second-order valence-corrected chi connectivity index (χ2v) is 16.4. The number of para-hydroxylation sites is 4. The summed E-state index contributed by atoms with van der Waals surface area (Å²) in [6, 6.07) is 86.1. The van der Waals surface area contributed by atoms with Crippen LogP contribution in [0.5, 0.6) is 0 Å². The lowest BCUT2D eigenvalue weighted by molar-refractivity contribution is 1.05. The quantitative estimate of drug-likeness (QED) is 0.127. The summed E-state index contributed by atoms with van der Waals surface area (Å²) in [6.45, 7) is 0. The molecule has 0 saturated carbocycles. The Morgan fingerprint density at radius 3 is 1.03 bits per heavy atom. The molecular formula is C62H46N2. The summed E-state index contributed by atoms with van der Waals surface area (Å²) >= 11 is 0. The van der Waals surface area contributed by atoms with Crippen LogP contribution in [0.2, 0.25) is 0 Å². The molecule has 0 fully saturated rings. The predicted octanol–water partition coefficient (Wildman–Crippen LogP) is 17.7. The van der Waals surface area contributed by atoms with Crippen molar-refractivity contribution >= 4 is 61.2 Å². The van der Waals surface area contributed by atoms with Gasteiger partial charge in [-0.1, -0.05) is 182 Å². The molecule has 0 spiro atoms. The zero-order valence-corrected chi connectivity index (χ0v) is 35.6. The van der Waals surface area contributed by atoms with Crippen LogP contribution in [0.3, 0.4) is 0 Å². The third-order valence-electron chi connectivity index (χ3n) is 12.5. The van der Waals surface area contributed by atoms with Crippen molar-refractivity contribution in [2.45, 2.75) is 12.8 Å². The molecule has 10 aromatic rings. The molecule has 10 aromatic carbocycles. The Labute approximate surface area is 376 Å². The minimum Gasteiger partial charge on any atom is -0.310 e. The van der Waals surface area contributed by atoms with E-state index < -0.39 is 0 Å². The lowest BCUT2D eigenvalue weighted by Gasteiger charge is -2.28. The summed E-state index contributed by atoms with van der Waals surface area (Å²) in [4.78, 5) is 4.74. The van der Waals surface area contributed by atoms with Gasteiger partial charge in [-0.3, -0.25) is 0 Å². The minimum absolute atomic E-state index is 1.06. The van der Waals surface area contributed by atoms with Crippen LogP contribution in [-0.4, -0.2) is 0 Å². The first kappa shape index (κ1) is 38.7. The first-order chi connectivity index (χ1) is 31.8. The fourth-order valence-corrected chi connectivity index (χ4v) is 9.46. The van der Waals surface area contributed by atoms with Crippen LogP contribution < -0.4 is 9.80 Å².